The predicted octanol–water partition coefficient (Wildman–Crippen LogP) is 2.85. The number of aromatic amines is 1. The molecule has 1 fully saturated rings. The average molecular weight is 583 g/mol. The number of amides is 1. The van der Waals surface area contributed by atoms with E-state index in [0.717, 1.165) is 16.7 Å². The number of esters is 1. The van der Waals surface area contributed by atoms with Crippen LogP contribution in [0.2, 0.25) is 0 Å². The third-order valence-electron chi connectivity index (χ3n) is 7.66. The molecule has 0 bridgehead atoms. The highest BCUT2D eigenvalue weighted by Crippen LogP contribution is 2.44. The minimum atomic E-state index is -0.832. The monoisotopic (exact) mass is 582 g/mol. The SMILES string of the molecule is Cc1cn([C@H]2CN(C(c3ccccc3)(c3ccccc3)c3ccccc3)C[C@@H](COC(=O)CCC(N)=O)O2)c(=O)[nH]c1=O. The van der Waals surface area contributed by atoms with Crippen LogP contribution in [0, 0.1) is 6.92 Å². The van der Waals surface area contributed by atoms with Gasteiger partial charge < -0.3 is 15.2 Å². The number of nitrogens with two attached hydrogens (primary N) is 1. The topological polar surface area (TPSA) is 137 Å². The van der Waals surface area contributed by atoms with Crippen molar-refractivity contribution in [3.8, 4) is 0 Å². The molecule has 3 N–H and O–H groups in total. The number of hydrogen-bond acceptors (Lipinski definition) is 7. The molecule has 3 aromatic carbocycles. The molecule has 10 heteroatoms. The molecular weight excluding hydrogens is 548 g/mol. The standard InChI is InChI=1S/C33H34N4O6/c1-23-19-37(32(41)35-31(23)40)29-21-36(20-27(43-29)22-42-30(39)18-17-28(34)38)33(24-11-5-2-6-12-24,25-13-7-3-8-14-25)26-15-9-4-10-16-26/h2-16,19,27,29H,17-18,20-22H2,1H3,(H2,34,38)(H,35,40,41)/t27-,29+/m0/s1. The smallest absolute Gasteiger partial charge is 0.330 e. The van der Waals surface area contributed by atoms with Gasteiger partial charge in [-0.05, 0) is 23.6 Å². The van der Waals surface area contributed by atoms with Crippen LogP contribution in [-0.4, -0.2) is 52.1 Å². The van der Waals surface area contributed by atoms with E-state index in [1.54, 1.807) is 6.92 Å². The van der Waals surface area contributed by atoms with Gasteiger partial charge in [-0.1, -0.05) is 91.0 Å². The largest absolute Gasteiger partial charge is 0.463 e. The summed E-state index contributed by atoms with van der Waals surface area (Å²) in [5.74, 6) is -1.17. The Kier molecular flexibility index (Phi) is 8.98. The first-order valence-corrected chi connectivity index (χ1v) is 14.1. The van der Waals surface area contributed by atoms with Gasteiger partial charge in [0.25, 0.3) is 5.56 Å². The molecule has 5 rings (SSSR count). The van der Waals surface area contributed by atoms with Crippen molar-refractivity contribution in [1.82, 2.24) is 14.5 Å². The zero-order valence-corrected chi connectivity index (χ0v) is 23.8. The summed E-state index contributed by atoms with van der Waals surface area (Å²) in [6, 6.07) is 30.2. The Morgan fingerprint density at radius 2 is 1.42 bits per heavy atom. The Morgan fingerprint density at radius 1 is 0.884 bits per heavy atom. The van der Waals surface area contributed by atoms with Crippen LogP contribution in [0.4, 0.5) is 0 Å². The van der Waals surface area contributed by atoms with Gasteiger partial charge in [0.1, 0.15) is 12.7 Å². The van der Waals surface area contributed by atoms with Gasteiger partial charge in [-0.25, -0.2) is 4.79 Å². The lowest BCUT2D eigenvalue weighted by Gasteiger charge is -2.50. The quantitative estimate of drug-likeness (QED) is 0.217. The molecule has 1 saturated heterocycles. The van der Waals surface area contributed by atoms with Crippen LogP contribution in [0.25, 0.3) is 0 Å². The van der Waals surface area contributed by atoms with Gasteiger partial charge in [0.15, 0.2) is 6.23 Å². The summed E-state index contributed by atoms with van der Waals surface area (Å²) in [5, 5.41) is 0. The number of rotatable bonds is 10. The van der Waals surface area contributed by atoms with Crippen LogP contribution < -0.4 is 17.0 Å². The Bertz CT molecular complexity index is 1570. The predicted molar refractivity (Wildman–Crippen MR) is 160 cm³/mol. The van der Waals surface area contributed by atoms with Gasteiger partial charge in [0.05, 0.1) is 12.0 Å². The number of hydrogen-bond donors (Lipinski definition) is 2. The van der Waals surface area contributed by atoms with E-state index < -0.39 is 41.0 Å². The fraction of sp³-hybridized carbons (Fsp3) is 0.273. The summed E-state index contributed by atoms with van der Waals surface area (Å²) in [6.07, 6.45) is -0.270. The number of aryl methyl sites for hydroxylation is 1. The minimum Gasteiger partial charge on any atom is -0.463 e. The molecule has 43 heavy (non-hydrogen) atoms. The molecule has 2 heterocycles. The molecule has 10 nitrogen and oxygen atoms in total. The number of benzene rings is 3. The maximum absolute atomic E-state index is 13.1. The van der Waals surface area contributed by atoms with Gasteiger partial charge in [0, 0.05) is 31.3 Å². The number of morpholine rings is 1. The Balaban J connectivity index is 1.64. The highest BCUT2D eigenvalue weighted by molar-refractivity contribution is 5.79. The van der Waals surface area contributed by atoms with E-state index in [9.17, 15) is 19.2 Å². The second-order valence-corrected chi connectivity index (χ2v) is 10.6. The van der Waals surface area contributed by atoms with Crippen molar-refractivity contribution >= 4 is 11.9 Å². The maximum Gasteiger partial charge on any atom is 0.330 e. The second kappa shape index (κ2) is 13.0. The molecule has 2 atom stereocenters. The number of carbonyl (C=O) groups is 2. The molecule has 1 aromatic heterocycles. The summed E-state index contributed by atoms with van der Waals surface area (Å²) in [6.45, 7) is 2.09. The summed E-state index contributed by atoms with van der Waals surface area (Å²) in [7, 11) is 0. The van der Waals surface area contributed by atoms with E-state index in [0.29, 0.717) is 12.1 Å². The number of nitrogens with one attached hydrogen (secondary N) is 1. The van der Waals surface area contributed by atoms with E-state index in [1.807, 2.05) is 54.6 Å². The van der Waals surface area contributed by atoms with Crippen LogP contribution in [0.5, 0.6) is 0 Å². The van der Waals surface area contributed by atoms with Crippen LogP contribution in [0.15, 0.2) is 107 Å². The third kappa shape index (κ3) is 6.35. The van der Waals surface area contributed by atoms with Crippen molar-refractivity contribution in [3.05, 3.63) is 140 Å². The number of ether oxygens (including phenoxy) is 2. The number of primary amides is 1. The van der Waals surface area contributed by atoms with Crippen molar-refractivity contribution in [3.63, 3.8) is 0 Å². The van der Waals surface area contributed by atoms with Gasteiger partial charge in [-0.15, -0.1) is 0 Å². The number of aromatic nitrogens is 2. The zero-order chi connectivity index (χ0) is 30.4. The van der Waals surface area contributed by atoms with E-state index in [2.05, 4.69) is 46.3 Å². The summed E-state index contributed by atoms with van der Waals surface area (Å²) < 4.78 is 13.3. The molecule has 0 aliphatic carbocycles. The van der Waals surface area contributed by atoms with Crippen LogP contribution >= 0.6 is 0 Å². The average Bonchev–Trinajstić information content (AvgIpc) is 3.03. The molecule has 0 unspecified atom stereocenters. The van der Waals surface area contributed by atoms with Crippen molar-refractivity contribution in [2.24, 2.45) is 5.73 Å². The summed E-state index contributed by atoms with van der Waals surface area (Å²) >= 11 is 0. The first kappa shape index (κ1) is 29.7. The van der Waals surface area contributed by atoms with Crippen LogP contribution in [-0.2, 0) is 24.6 Å². The number of nitrogens with zero attached hydrogens (tertiary/aromatic N) is 2. The molecule has 1 amide bonds. The lowest BCUT2D eigenvalue weighted by atomic mass is 9.75. The summed E-state index contributed by atoms with van der Waals surface area (Å²) in [4.78, 5) is 53.5. The molecule has 1 aliphatic heterocycles. The lowest BCUT2D eigenvalue weighted by molar-refractivity contribution is -0.170. The van der Waals surface area contributed by atoms with Crippen molar-refractivity contribution in [2.75, 3.05) is 19.7 Å². The molecule has 0 radical (unpaired) electrons. The normalized spacial score (nSPS) is 17.3. The first-order chi connectivity index (χ1) is 20.8. The first-order valence-electron chi connectivity index (χ1n) is 14.1. The van der Waals surface area contributed by atoms with E-state index in [1.165, 1.54) is 10.8 Å². The molecule has 4 aromatic rings. The Morgan fingerprint density at radius 3 is 1.93 bits per heavy atom. The fourth-order valence-corrected chi connectivity index (χ4v) is 5.71. The molecule has 0 saturated carbocycles. The maximum atomic E-state index is 13.1. The Hall–Kier alpha value is -4.80. The summed E-state index contributed by atoms with van der Waals surface area (Å²) in [5.41, 5.74) is 6.63. The zero-order valence-electron chi connectivity index (χ0n) is 23.8. The van der Waals surface area contributed by atoms with Crippen LogP contribution in [0.1, 0.15) is 41.3 Å². The lowest BCUT2D eigenvalue weighted by Crippen LogP contribution is -2.58. The molecule has 222 valence electrons. The van der Waals surface area contributed by atoms with Crippen molar-refractivity contribution in [2.45, 2.75) is 37.6 Å². The minimum absolute atomic E-state index is 0.115. The van der Waals surface area contributed by atoms with Crippen molar-refractivity contribution < 1.29 is 19.1 Å². The number of H-pyrrole nitrogens is 1. The second-order valence-electron chi connectivity index (χ2n) is 10.6. The highest BCUT2D eigenvalue weighted by Gasteiger charge is 2.46. The van der Waals surface area contributed by atoms with E-state index in [4.69, 9.17) is 15.2 Å². The van der Waals surface area contributed by atoms with Crippen molar-refractivity contribution in [1.29, 1.82) is 0 Å². The number of carbonyl (C=O) groups excluding carboxylic acids is 2. The molecule has 0 spiro atoms. The Labute approximate surface area is 248 Å². The van der Waals surface area contributed by atoms with Gasteiger partial charge >= 0.3 is 11.7 Å². The third-order valence-corrected chi connectivity index (χ3v) is 7.66. The fourth-order valence-electron chi connectivity index (χ4n) is 5.71. The van der Waals surface area contributed by atoms with Gasteiger partial charge in [-0.3, -0.25) is 28.8 Å². The van der Waals surface area contributed by atoms with Gasteiger partial charge in [0.2, 0.25) is 5.91 Å². The molecular formula is C33H34N4O6. The van der Waals surface area contributed by atoms with E-state index >= 15 is 0 Å². The molecule has 1 aliphatic rings. The van der Waals surface area contributed by atoms with Crippen LogP contribution in [0.3, 0.4) is 0 Å². The van der Waals surface area contributed by atoms with E-state index in [-0.39, 0.29) is 26.0 Å². The van der Waals surface area contributed by atoms with Gasteiger partial charge in [-0.2, -0.15) is 0 Å². The highest BCUT2D eigenvalue weighted by atomic mass is 16.6.